The second-order valence-electron chi connectivity index (χ2n) is 10.2. The molecule has 2 saturated heterocycles. The molecule has 0 radical (unpaired) electrons. The Morgan fingerprint density at radius 1 is 1.05 bits per heavy atom. The molecule has 1 unspecified atom stereocenters. The van der Waals surface area contributed by atoms with E-state index in [1.165, 1.54) is 24.8 Å². The number of nitrogens with one attached hydrogen (secondary N) is 2. The molecule has 2 amide bonds. The van der Waals surface area contributed by atoms with Crippen molar-refractivity contribution < 1.29 is 9.59 Å². The van der Waals surface area contributed by atoms with E-state index < -0.39 is 0 Å². The predicted octanol–water partition coefficient (Wildman–Crippen LogP) is 4.96. The van der Waals surface area contributed by atoms with E-state index in [0.717, 1.165) is 25.9 Å². The minimum Gasteiger partial charge on any atom is -0.350 e. The molecular weight excluding hydrogens is 507 g/mol. The maximum atomic E-state index is 13.8. The Morgan fingerprint density at radius 3 is 2.51 bits per heavy atom. The van der Waals surface area contributed by atoms with Crippen LogP contribution in [-0.2, 0) is 4.79 Å². The molecule has 0 saturated carbocycles. The number of carbonyl (C=O) groups is 2. The van der Waals surface area contributed by atoms with E-state index in [9.17, 15) is 9.59 Å². The SMILES string of the molecule is CCC(CN1CC[C@@H](CNC(=O)c2ccc(Cl)c(Cl)c2)N[C@@H](CN2CCCCC2)C1=O)c1ccccc1. The second kappa shape index (κ2) is 13.6. The van der Waals surface area contributed by atoms with Gasteiger partial charge in [0.1, 0.15) is 0 Å². The molecular formula is C29H38Cl2N4O2. The summed E-state index contributed by atoms with van der Waals surface area (Å²) in [7, 11) is 0. The zero-order valence-corrected chi connectivity index (χ0v) is 23.1. The number of halogens is 2. The molecule has 0 aliphatic carbocycles. The molecule has 2 N–H and O–H groups in total. The lowest BCUT2D eigenvalue weighted by Crippen LogP contribution is -2.54. The van der Waals surface area contributed by atoms with Gasteiger partial charge in [-0.1, -0.05) is 66.9 Å². The van der Waals surface area contributed by atoms with E-state index in [1.807, 2.05) is 11.0 Å². The molecule has 2 aromatic rings. The van der Waals surface area contributed by atoms with E-state index in [0.29, 0.717) is 47.7 Å². The predicted molar refractivity (Wildman–Crippen MR) is 150 cm³/mol. The van der Waals surface area contributed by atoms with E-state index in [1.54, 1.807) is 18.2 Å². The largest absolute Gasteiger partial charge is 0.350 e. The van der Waals surface area contributed by atoms with Gasteiger partial charge in [-0.3, -0.25) is 9.59 Å². The highest BCUT2D eigenvalue weighted by molar-refractivity contribution is 6.42. The van der Waals surface area contributed by atoms with Gasteiger partial charge in [-0.05, 0) is 62.5 Å². The highest BCUT2D eigenvalue weighted by Crippen LogP contribution is 2.24. The van der Waals surface area contributed by atoms with E-state index in [4.69, 9.17) is 23.2 Å². The van der Waals surface area contributed by atoms with Crippen LogP contribution in [0.3, 0.4) is 0 Å². The smallest absolute Gasteiger partial charge is 0.251 e. The van der Waals surface area contributed by atoms with Crippen molar-refractivity contribution in [3.63, 3.8) is 0 Å². The molecule has 0 spiro atoms. The van der Waals surface area contributed by atoms with Crippen molar-refractivity contribution in [1.29, 1.82) is 0 Å². The van der Waals surface area contributed by atoms with Gasteiger partial charge in [0.25, 0.3) is 5.91 Å². The Hall–Kier alpha value is -2.12. The van der Waals surface area contributed by atoms with Gasteiger partial charge in [-0.2, -0.15) is 0 Å². The quantitative estimate of drug-likeness (QED) is 0.468. The summed E-state index contributed by atoms with van der Waals surface area (Å²) in [4.78, 5) is 31.0. The maximum Gasteiger partial charge on any atom is 0.251 e. The van der Waals surface area contributed by atoms with Crippen LogP contribution in [-0.4, -0.2) is 73.0 Å². The highest BCUT2D eigenvalue weighted by Gasteiger charge is 2.33. The average Bonchev–Trinajstić information content (AvgIpc) is 3.06. The van der Waals surface area contributed by atoms with Crippen molar-refractivity contribution in [1.82, 2.24) is 20.4 Å². The first-order valence-electron chi connectivity index (χ1n) is 13.5. The van der Waals surface area contributed by atoms with Crippen LogP contribution in [0.25, 0.3) is 0 Å². The molecule has 2 aromatic carbocycles. The topological polar surface area (TPSA) is 64.7 Å². The zero-order chi connectivity index (χ0) is 26.2. The lowest BCUT2D eigenvalue weighted by molar-refractivity contribution is -0.133. The Balaban J connectivity index is 1.45. The third-order valence-corrected chi connectivity index (χ3v) is 8.32. The molecule has 0 aromatic heterocycles. The number of nitrogens with zero attached hydrogens (tertiary/aromatic N) is 2. The summed E-state index contributed by atoms with van der Waals surface area (Å²) in [6.45, 7) is 6.77. The molecule has 200 valence electrons. The number of likely N-dealkylation sites (tertiary alicyclic amines) is 1. The minimum absolute atomic E-state index is 0.00716. The first-order chi connectivity index (χ1) is 17.9. The molecule has 2 fully saturated rings. The van der Waals surface area contributed by atoms with Crippen molar-refractivity contribution in [2.24, 2.45) is 0 Å². The van der Waals surface area contributed by atoms with Crippen molar-refractivity contribution in [2.45, 2.75) is 57.0 Å². The summed E-state index contributed by atoms with van der Waals surface area (Å²) in [6.07, 6.45) is 5.36. The molecule has 8 heteroatoms. The molecule has 6 nitrogen and oxygen atoms in total. The highest BCUT2D eigenvalue weighted by atomic mass is 35.5. The summed E-state index contributed by atoms with van der Waals surface area (Å²) in [5.74, 6) is 0.264. The van der Waals surface area contributed by atoms with E-state index in [2.05, 4.69) is 46.7 Å². The van der Waals surface area contributed by atoms with Gasteiger partial charge in [0.15, 0.2) is 0 Å². The van der Waals surface area contributed by atoms with Crippen LogP contribution >= 0.6 is 23.2 Å². The maximum absolute atomic E-state index is 13.8. The molecule has 2 heterocycles. The summed E-state index contributed by atoms with van der Waals surface area (Å²) in [5.41, 5.74) is 1.74. The zero-order valence-electron chi connectivity index (χ0n) is 21.6. The molecule has 0 bridgehead atoms. The standard InChI is InChI=1S/C29H38Cl2N4O2/c1-2-21(22-9-5-3-6-10-22)19-35-16-13-24(18-32-28(36)23-11-12-25(30)26(31)17-23)33-27(29(35)37)20-34-14-7-4-8-15-34/h3,5-6,9-12,17,21,24,27,33H,2,4,7-8,13-16,18-20H2,1H3,(H,32,36)/t21?,24-,27-/m0/s1. The fourth-order valence-electron chi connectivity index (χ4n) is 5.37. The lowest BCUT2D eigenvalue weighted by atomic mass is 9.95. The van der Waals surface area contributed by atoms with Crippen LogP contribution in [0.5, 0.6) is 0 Å². The Labute approximate surface area is 230 Å². The van der Waals surface area contributed by atoms with Gasteiger partial charge in [0.05, 0.1) is 16.1 Å². The summed E-state index contributed by atoms with van der Waals surface area (Å²) >= 11 is 12.1. The number of rotatable bonds is 9. The summed E-state index contributed by atoms with van der Waals surface area (Å²) in [6, 6.07) is 15.1. The molecule has 4 rings (SSSR count). The Bertz CT molecular complexity index is 1050. The van der Waals surface area contributed by atoms with Gasteiger partial charge < -0.3 is 20.4 Å². The fraction of sp³-hybridized carbons (Fsp3) is 0.517. The van der Waals surface area contributed by atoms with E-state index >= 15 is 0 Å². The van der Waals surface area contributed by atoms with Gasteiger partial charge in [0.2, 0.25) is 5.91 Å². The molecule has 37 heavy (non-hydrogen) atoms. The van der Waals surface area contributed by atoms with Crippen molar-refractivity contribution in [3.05, 3.63) is 69.7 Å². The van der Waals surface area contributed by atoms with E-state index in [-0.39, 0.29) is 23.9 Å². The number of hydrogen-bond donors (Lipinski definition) is 2. The first-order valence-corrected chi connectivity index (χ1v) is 14.3. The van der Waals surface area contributed by atoms with Gasteiger partial charge in [-0.15, -0.1) is 0 Å². The number of piperidine rings is 1. The van der Waals surface area contributed by atoms with Crippen LogP contribution in [0.2, 0.25) is 10.0 Å². The third-order valence-electron chi connectivity index (χ3n) is 7.58. The van der Waals surface area contributed by atoms with Gasteiger partial charge in [0, 0.05) is 43.7 Å². The third kappa shape index (κ3) is 7.70. The van der Waals surface area contributed by atoms with Crippen LogP contribution < -0.4 is 10.6 Å². The lowest BCUT2D eigenvalue weighted by Gasteiger charge is -2.33. The summed E-state index contributed by atoms with van der Waals surface area (Å²) in [5, 5.41) is 7.41. The van der Waals surface area contributed by atoms with Crippen LogP contribution in [0.15, 0.2) is 48.5 Å². The average molecular weight is 546 g/mol. The first kappa shape index (κ1) is 27.9. The molecule has 2 aliphatic rings. The van der Waals surface area contributed by atoms with Crippen molar-refractivity contribution >= 4 is 35.0 Å². The molecule has 3 atom stereocenters. The number of hydrogen-bond acceptors (Lipinski definition) is 4. The number of amides is 2. The van der Waals surface area contributed by atoms with Crippen molar-refractivity contribution in [3.8, 4) is 0 Å². The van der Waals surface area contributed by atoms with Crippen molar-refractivity contribution in [2.75, 3.05) is 39.3 Å². The van der Waals surface area contributed by atoms with Gasteiger partial charge >= 0.3 is 0 Å². The summed E-state index contributed by atoms with van der Waals surface area (Å²) < 4.78 is 0. The Morgan fingerprint density at radius 2 is 1.81 bits per heavy atom. The number of benzene rings is 2. The minimum atomic E-state index is -0.291. The van der Waals surface area contributed by atoms with Crippen LogP contribution in [0, 0.1) is 0 Å². The molecule has 2 aliphatic heterocycles. The van der Waals surface area contributed by atoms with Crippen LogP contribution in [0.4, 0.5) is 0 Å². The van der Waals surface area contributed by atoms with Crippen LogP contribution in [0.1, 0.15) is 60.9 Å². The second-order valence-corrected chi connectivity index (χ2v) is 11.0. The fourth-order valence-corrected chi connectivity index (χ4v) is 5.67. The monoisotopic (exact) mass is 544 g/mol. The van der Waals surface area contributed by atoms with Gasteiger partial charge in [-0.25, -0.2) is 0 Å². The number of carbonyl (C=O) groups excluding carboxylic acids is 2. The normalized spacial score (nSPS) is 21.9. The Kier molecular flexibility index (Phi) is 10.3.